The Bertz CT molecular complexity index is 290. The maximum Gasteiger partial charge on any atom is 0.220 e. The fraction of sp³-hybridized carbons (Fsp3) is 0.933. The third-order valence-corrected chi connectivity index (χ3v) is 6.42. The van der Waals surface area contributed by atoms with Crippen LogP contribution in [0.1, 0.15) is 46.0 Å². The third kappa shape index (κ3) is 8.42. The van der Waals surface area contributed by atoms with E-state index in [2.05, 4.69) is 38.2 Å². The lowest BCUT2D eigenvalue weighted by Crippen LogP contribution is -2.39. The van der Waals surface area contributed by atoms with Crippen LogP contribution in [-0.2, 0) is 4.79 Å². The summed E-state index contributed by atoms with van der Waals surface area (Å²) in [6.45, 7) is 6.15. The van der Waals surface area contributed by atoms with E-state index in [0.29, 0.717) is 6.42 Å². The quantitative estimate of drug-likeness (QED) is 0.522. The molecule has 1 aliphatic heterocycles. The molecule has 1 rings (SSSR count). The van der Waals surface area contributed by atoms with Crippen LogP contribution in [-0.4, -0.2) is 49.0 Å². The van der Waals surface area contributed by atoms with Crippen molar-refractivity contribution in [3.8, 4) is 0 Å². The summed E-state index contributed by atoms with van der Waals surface area (Å²) in [6, 6.07) is 0. The summed E-state index contributed by atoms with van der Waals surface area (Å²) in [4.78, 5) is 14.0. The lowest BCUT2D eigenvalue weighted by molar-refractivity contribution is -0.121. The molecular formula is C15H30N2OS2. The van der Waals surface area contributed by atoms with Gasteiger partial charge in [-0.15, -0.1) is 0 Å². The van der Waals surface area contributed by atoms with Crippen LogP contribution in [0.15, 0.2) is 0 Å². The van der Waals surface area contributed by atoms with Crippen molar-refractivity contribution in [2.45, 2.75) is 51.2 Å². The predicted molar refractivity (Wildman–Crippen MR) is 92.3 cm³/mol. The predicted octanol–water partition coefficient (Wildman–Crippen LogP) is 3.40. The lowest BCUT2D eigenvalue weighted by Gasteiger charge is -2.28. The third-order valence-electron chi connectivity index (χ3n) is 3.42. The van der Waals surface area contributed by atoms with E-state index in [1.54, 1.807) is 0 Å². The molecular weight excluding hydrogens is 288 g/mol. The molecule has 1 atom stereocenters. The van der Waals surface area contributed by atoms with Gasteiger partial charge in [0, 0.05) is 30.5 Å². The molecule has 1 unspecified atom stereocenters. The van der Waals surface area contributed by atoms with E-state index in [1.165, 1.54) is 25.0 Å². The summed E-state index contributed by atoms with van der Waals surface area (Å²) in [5, 5.41) is 3.92. The van der Waals surface area contributed by atoms with E-state index in [1.807, 2.05) is 21.6 Å². The molecule has 0 saturated carbocycles. The Hall–Kier alpha value is 0.130. The van der Waals surface area contributed by atoms with Gasteiger partial charge in [-0.05, 0) is 38.8 Å². The average Bonchev–Trinajstić information content (AvgIpc) is 2.84. The number of carbonyl (C=O) groups excluding carboxylic acids is 1. The van der Waals surface area contributed by atoms with Crippen LogP contribution in [0, 0.1) is 5.41 Å². The molecule has 0 bridgehead atoms. The molecule has 0 aromatic heterocycles. The molecule has 118 valence electrons. The molecule has 0 aromatic rings. The molecule has 5 heteroatoms. The van der Waals surface area contributed by atoms with Gasteiger partial charge in [-0.2, -0.15) is 0 Å². The molecule has 0 aliphatic carbocycles. The fourth-order valence-electron chi connectivity index (χ4n) is 2.56. The molecule has 1 saturated heterocycles. The Morgan fingerprint density at radius 3 is 2.70 bits per heavy atom. The van der Waals surface area contributed by atoms with Crippen molar-refractivity contribution in [3.63, 3.8) is 0 Å². The molecule has 0 aromatic carbocycles. The van der Waals surface area contributed by atoms with E-state index in [0.717, 1.165) is 24.8 Å². The van der Waals surface area contributed by atoms with E-state index in [4.69, 9.17) is 0 Å². The number of rotatable bonds is 9. The van der Waals surface area contributed by atoms with Gasteiger partial charge in [0.05, 0.1) is 0 Å². The first-order valence-corrected chi connectivity index (χ1v) is 9.97. The molecule has 1 N–H and O–H groups in total. The normalized spacial score (nSPS) is 19.6. The highest BCUT2D eigenvalue weighted by molar-refractivity contribution is 8.77. The number of unbranched alkanes of at least 4 members (excludes halogenated alkanes) is 1. The molecule has 1 amide bonds. The summed E-state index contributed by atoms with van der Waals surface area (Å²) >= 11 is 0. The molecule has 1 fully saturated rings. The van der Waals surface area contributed by atoms with Crippen LogP contribution in [0.25, 0.3) is 0 Å². The van der Waals surface area contributed by atoms with Gasteiger partial charge in [-0.3, -0.25) is 4.79 Å². The van der Waals surface area contributed by atoms with Crippen molar-refractivity contribution in [3.05, 3.63) is 0 Å². The van der Waals surface area contributed by atoms with Crippen LogP contribution in [0.5, 0.6) is 0 Å². The van der Waals surface area contributed by atoms with Gasteiger partial charge >= 0.3 is 0 Å². The van der Waals surface area contributed by atoms with Crippen molar-refractivity contribution in [1.29, 1.82) is 0 Å². The lowest BCUT2D eigenvalue weighted by atomic mass is 9.93. The van der Waals surface area contributed by atoms with Gasteiger partial charge < -0.3 is 10.2 Å². The summed E-state index contributed by atoms with van der Waals surface area (Å²) < 4.78 is 0. The Balaban J connectivity index is 2.04. The summed E-state index contributed by atoms with van der Waals surface area (Å²) in [5.41, 5.74) is 0.136. The fourth-order valence-corrected chi connectivity index (χ4v) is 5.59. The maximum absolute atomic E-state index is 11.8. The first kappa shape index (κ1) is 18.2. The molecule has 0 radical (unpaired) electrons. The van der Waals surface area contributed by atoms with Crippen molar-refractivity contribution in [1.82, 2.24) is 10.2 Å². The topological polar surface area (TPSA) is 32.3 Å². The minimum absolute atomic E-state index is 0.136. The monoisotopic (exact) mass is 318 g/mol. The number of amides is 1. The van der Waals surface area contributed by atoms with Gasteiger partial charge in [0.15, 0.2) is 0 Å². The highest BCUT2D eigenvalue weighted by Crippen LogP contribution is 2.39. The zero-order chi connectivity index (χ0) is 15.0. The Kier molecular flexibility index (Phi) is 8.37. The Morgan fingerprint density at radius 1 is 1.35 bits per heavy atom. The van der Waals surface area contributed by atoms with Crippen LogP contribution >= 0.6 is 21.6 Å². The van der Waals surface area contributed by atoms with Crippen molar-refractivity contribution < 1.29 is 4.79 Å². The van der Waals surface area contributed by atoms with Crippen molar-refractivity contribution in [2.24, 2.45) is 5.41 Å². The second-order valence-electron chi connectivity index (χ2n) is 6.75. The minimum Gasteiger partial charge on any atom is -0.356 e. The number of hydrogen-bond donors (Lipinski definition) is 1. The molecule has 20 heavy (non-hydrogen) atoms. The van der Waals surface area contributed by atoms with Gasteiger partial charge in [0.2, 0.25) is 5.91 Å². The Labute approximate surface area is 132 Å². The molecule has 1 heterocycles. The zero-order valence-electron chi connectivity index (χ0n) is 13.4. The first-order valence-electron chi connectivity index (χ1n) is 7.59. The van der Waals surface area contributed by atoms with E-state index >= 15 is 0 Å². The highest BCUT2D eigenvalue weighted by Gasteiger charge is 2.20. The smallest absolute Gasteiger partial charge is 0.220 e. The number of carbonyl (C=O) groups is 1. The van der Waals surface area contributed by atoms with Crippen LogP contribution < -0.4 is 5.32 Å². The van der Waals surface area contributed by atoms with Gasteiger partial charge in [-0.25, -0.2) is 0 Å². The number of nitrogens with zero attached hydrogens (tertiary/aromatic N) is 1. The Morgan fingerprint density at radius 2 is 2.10 bits per heavy atom. The average molecular weight is 319 g/mol. The van der Waals surface area contributed by atoms with Crippen LogP contribution in [0.2, 0.25) is 0 Å². The second-order valence-corrected chi connectivity index (χ2v) is 9.54. The van der Waals surface area contributed by atoms with Gasteiger partial charge in [0.25, 0.3) is 0 Å². The summed E-state index contributed by atoms with van der Waals surface area (Å²) in [6.07, 6.45) is 5.52. The van der Waals surface area contributed by atoms with E-state index in [-0.39, 0.29) is 11.3 Å². The van der Waals surface area contributed by atoms with Crippen LogP contribution in [0.3, 0.4) is 0 Å². The first-order chi connectivity index (χ1) is 9.39. The minimum atomic E-state index is 0.136. The molecule has 1 aliphatic rings. The summed E-state index contributed by atoms with van der Waals surface area (Å²) in [5.74, 6) is 1.52. The number of hydrogen-bond acceptors (Lipinski definition) is 4. The largest absolute Gasteiger partial charge is 0.356 e. The zero-order valence-corrected chi connectivity index (χ0v) is 15.0. The molecule has 0 spiro atoms. The van der Waals surface area contributed by atoms with Gasteiger partial charge in [0.1, 0.15) is 0 Å². The summed E-state index contributed by atoms with van der Waals surface area (Å²) in [7, 11) is 8.17. The SMILES string of the molecule is CN(C)CC(C)(C)CNC(=O)CCCCC1CCSS1. The maximum atomic E-state index is 11.8. The highest BCUT2D eigenvalue weighted by atomic mass is 33.1. The second kappa shape index (κ2) is 9.21. The standard InChI is InChI=1S/C15H30N2OS2/c1-15(2,12-17(3)4)11-16-14(18)8-6-5-7-13-9-10-19-20-13/h13H,5-12H2,1-4H3,(H,16,18). The molecule has 3 nitrogen and oxygen atoms in total. The van der Waals surface area contributed by atoms with E-state index in [9.17, 15) is 4.79 Å². The van der Waals surface area contributed by atoms with Crippen LogP contribution in [0.4, 0.5) is 0 Å². The number of nitrogens with one attached hydrogen (secondary N) is 1. The van der Waals surface area contributed by atoms with Crippen molar-refractivity contribution in [2.75, 3.05) is 32.9 Å². The van der Waals surface area contributed by atoms with Gasteiger partial charge in [-0.1, -0.05) is 41.9 Å². The van der Waals surface area contributed by atoms with Crippen molar-refractivity contribution >= 4 is 27.5 Å². The van der Waals surface area contributed by atoms with E-state index < -0.39 is 0 Å².